The second-order valence-electron chi connectivity index (χ2n) is 11.8. The number of hydrogen-bond donors (Lipinski definition) is 3. The molecule has 47 heavy (non-hydrogen) atoms. The fourth-order valence-corrected chi connectivity index (χ4v) is 5.69. The number of fused-ring (bicyclic) bond motifs is 2. The molecule has 0 bridgehead atoms. The van der Waals surface area contributed by atoms with E-state index >= 15 is 0 Å². The van der Waals surface area contributed by atoms with Crippen molar-refractivity contribution in [1.82, 2.24) is 19.9 Å². The number of pyridine rings is 2. The highest BCUT2D eigenvalue weighted by Gasteiger charge is 2.29. The molecule has 0 fully saturated rings. The normalized spacial score (nSPS) is 13.7. The van der Waals surface area contributed by atoms with Gasteiger partial charge in [0.15, 0.2) is 11.3 Å². The average molecular weight is 653 g/mol. The number of anilines is 2. The lowest BCUT2D eigenvalue weighted by Crippen LogP contribution is -2.43. The lowest BCUT2D eigenvalue weighted by molar-refractivity contribution is -0.885. The third-order valence-electron chi connectivity index (χ3n) is 8.18. The molecule has 0 spiro atoms. The van der Waals surface area contributed by atoms with Gasteiger partial charge in [-0.1, -0.05) is 27.9 Å². The van der Waals surface area contributed by atoms with E-state index < -0.39 is 18.8 Å². The van der Waals surface area contributed by atoms with Gasteiger partial charge in [-0.15, -0.1) is 0 Å². The minimum atomic E-state index is -4.40. The summed E-state index contributed by atoms with van der Waals surface area (Å²) in [6, 6.07) is 14.3. The molecule has 3 aromatic heterocycles. The van der Waals surface area contributed by atoms with E-state index in [2.05, 4.69) is 32.7 Å². The first-order valence-electron chi connectivity index (χ1n) is 16.0. The summed E-state index contributed by atoms with van der Waals surface area (Å²) < 4.78 is 43.9. The molecule has 10 nitrogen and oxygen atoms in total. The molecule has 4 aromatic rings. The Labute approximate surface area is 272 Å². The van der Waals surface area contributed by atoms with Gasteiger partial charge in [-0.25, -0.2) is 4.98 Å². The zero-order valence-corrected chi connectivity index (χ0v) is 26.5. The summed E-state index contributed by atoms with van der Waals surface area (Å²) in [7, 11) is 0. The quantitative estimate of drug-likeness (QED) is 0.0850. The van der Waals surface area contributed by atoms with E-state index in [1.165, 1.54) is 12.5 Å². The summed E-state index contributed by atoms with van der Waals surface area (Å²) in [6.45, 7) is 2.33. The van der Waals surface area contributed by atoms with Crippen LogP contribution >= 0.6 is 0 Å². The first-order chi connectivity index (χ1) is 22.7. The zero-order chi connectivity index (χ0) is 33.2. The van der Waals surface area contributed by atoms with E-state index in [1.807, 2.05) is 23.1 Å². The number of hydrogen-bond acceptors (Lipinski definition) is 9. The van der Waals surface area contributed by atoms with Crippen molar-refractivity contribution in [3.8, 4) is 11.4 Å². The minimum Gasteiger partial charge on any atom is -0.371 e. The molecule has 0 aliphatic carbocycles. The number of unbranched alkanes of at least 4 members (excludes halogenated alkanes) is 1. The maximum Gasteiger partial charge on any atom is 0.411 e. The van der Waals surface area contributed by atoms with Crippen molar-refractivity contribution in [2.75, 3.05) is 50.0 Å². The Morgan fingerprint density at radius 3 is 2.74 bits per heavy atom. The second-order valence-corrected chi connectivity index (χ2v) is 11.8. The van der Waals surface area contributed by atoms with Crippen LogP contribution < -0.4 is 15.4 Å². The molecule has 4 heterocycles. The van der Waals surface area contributed by atoms with Crippen LogP contribution in [0.1, 0.15) is 43.9 Å². The summed E-state index contributed by atoms with van der Waals surface area (Å²) in [6.07, 6.45) is 3.73. The van der Waals surface area contributed by atoms with Crippen molar-refractivity contribution in [3.63, 3.8) is 0 Å². The average Bonchev–Trinajstić information content (AvgIpc) is 3.06. The fourth-order valence-electron chi connectivity index (χ4n) is 5.69. The van der Waals surface area contributed by atoms with Crippen molar-refractivity contribution >= 4 is 28.3 Å². The van der Waals surface area contributed by atoms with Gasteiger partial charge in [0.05, 0.1) is 17.6 Å². The molecule has 1 aromatic carbocycles. The number of para-hydroxylation sites is 1. The molecular weight excluding hydrogens is 611 g/mol. The van der Waals surface area contributed by atoms with Crippen molar-refractivity contribution in [3.05, 3.63) is 72.2 Å². The molecule has 3 N–H and O–H groups in total. The van der Waals surface area contributed by atoms with Gasteiger partial charge < -0.3 is 20.2 Å². The van der Waals surface area contributed by atoms with E-state index in [4.69, 9.17) is 9.72 Å². The molecule has 5 rings (SSSR count). The SMILES string of the molecule is CC(=O)[C@H](CCN(CCCCc1ccc2c(n1)NCCC2)CCOCC(F)(F)F)Nc1c2ccccc2nc(-c2cccnc2)[n+]1O. The van der Waals surface area contributed by atoms with Crippen LogP contribution in [0.5, 0.6) is 0 Å². The van der Waals surface area contributed by atoms with Crippen LogP contribution in [0.3, 0.4) is 0 Å². The van der Waals surface area contributed by atoms with Crippen LogP contribution in [0, 0.1) is 0 Å². The lowest BCUT2D eigenvalue weighted by atomic mass is 10.1. The fraction of sp³-hybridized carbons (Fsp3) is 0.441. The number of carbonyl (C=O) groups is 1. The molecule has 1 aliphatic rings. The smallest absolute Gasteiger partial charge is 0.371 e. The molecule has 0 radical (unpaired) electrons. The molecule has 250 valence electrons. The van der Waals surface area contributed by atoms with Gasteiger partial charge in [0, 0.05) is 44.1 Å². The Morgan fingerprint density at radius 2 is 1.96 bits per heavy atom. The van der Waals surface area contributed by atoms with E-state index in [1.54, 1.807) is 30.6 Å². The monoisotopic (exact) mass is 652 g/mol. The van der Waals surface area contributed by atoms with Crippen LogP contribution in [0.2, 0.25) is 0 Å². The molecule has 1 aliphatic heterocycles. The lowest BCUT2D eigenvalue weighted by Gasteiger charge is -2.24. The van der Waals surface area contributed by atoms with Crippen LogP contribution in [-0.2, 0) is 22.4 Å². The molecule has 0 saturated heterocycles. The number of ether oxygens (including phenoxy) is 1. The first-order valence-corrected chi connectivity index (χ1v) is 16.0. The summed E-state index contributed by atoms with van der Waals surface area (Å²) in [4.78, 5) is 28.4. The number of nitrogens with zero attached hydrogens (tertiary/aromatic N) is 5. The number of nitrogens with one attached hydrogen (secondary N) is 2. The Hall–Kier alpha value is -4.36. The van der Waals surface area contributed by atoms with Gasteiger partial charge in [-0.2, -0.15) is 13.2 Å². The predicted octanol–water partition coefficient (Wildman–Crippen LogP) is 5.24. The van der Waals surface area contributed by atoms with Gasteiger partial charge in [0.25, 0.3) is 5.82 Å². The second kappa shape index (κ2) is 16.0. The van der Waals surface area contributed by atoms with Gasteiger partial charge in [0.2, 0.25) is 0 Å². The highest BCUT2D eigenvalue weighted by Crippen LogP contribution is 2.24. The number of halogens is 3. The molecule has 0 amide bonds. The van der Waals surface area contributed by atoms with E-state index in [9.17, 15) is 23.2 Å². The number of benzene rings is 1. The van der Waals surface area contributed by atoms with Crippen molar-refractivity contribution < 1.29 is 32.6 Å². The van der Waals surface area contributed by atoms with Crippen LogP contribution in [0.25, 0.3) is 22.3 Å². The van der Waals surface area contributed by atoms with Crippen molar-refractivity contribution in [2.45, 2.75) is 57.7 Å². The third-order valence-corrected chi connectivity index (χ3v) is 8.18. The Bertz CT molecular complexity index is 1640. The molecule has 0 unspecified atom stereocenters. The highest BCUT2D eigenvalue weighted by atomic mass is 19.4. The van der Waals surface area contributed by atoms with Crippen LogP contribution in [0.4, 0.5) is 24.8 Å². The summed E-state index contributed by atoms with van der Waals surface area (Å²) in [5, 5.41) is 18.5. The zero-order valence-electron chi connectivity index (χ0n) is 26.5. The molecule has 13 heteroatoms. The van der Waals surface area contributed by atoms with Gasteiger partial charge in [-0.05, 0) is 81.5 Å². The maximum atomic E-state index is 12.9. The minimum absolute atomic E-state index is 0.0875. The van der Waals surface area contributed by atoms with Crippen molar-refractivity contribution in [2.24, 2.45) is 0 Å². The van der Waals surface area contributed by atoms with Gasteiger partial charge in [0.1, 0.15) is 18.5 Å². The van der Waals surface area contributed by atoms with Crippen LogP contribution in [-0.4, -0.2) is 82.5 Å². The van der Waals surface area contributed by atoms with Gasteiger partial charge >= 0.3 is 12.0 Å². The molecule has 1 atom stereocenters. The van der Waals surface area contributed by atoms with Crippen molar-refractivity contribution in [1.29, 1.82) is 0 Å². The maximum absolute atomic E-state index is 12.9. The number of aromatic nitrogens is 4. The topological polar surface area (TPSA) is 116 Å². The van der Waals surface area contributed by atoms with Gasteiger partial charge in [-0.3, -0.25) is 15.1 Å². The standard InChI is InChI=1S/C34H40F3N7O3/c1-24(45)29(41-33-28-11-2-3-12-30(28)42-32(44(33)46)26-9-6-16-38-22-26)15-19-43(20-21-47-23-34(35,36)37)18-5-4-10-27-14-13-25-8-7-17-39-31(25)40-27/h2-3,6,9,11-14,16,22,29,46H,4-5,7-8,10,15,17-21,23H2,1H3,(H,39,40)/p+1/t29-/m0/s1. The van der Waals surface area contributed by atoms with E-state index in [0.29, 0.717) is 41.8 Å². The Morgan fingerprint density at radius 1 is 1.11 bits per heavy atom. The number of aryl methyl sites for hydroxylation is 2. The summed E-state index contributed by atoms with van der Waals surface area (Å²) in [5.41, 5.74) is 3.45. The van der Waals surface area contributed by atoms with E-state index in [0.717, 1.165) is 54.9 Å². The summed E-state index contributed by atoms with van der Waals surface area (Å²) in [5.74, 6) is 1.38. The Balaban J connectivity index is 1.26. The highest BCUT2D eigenvalue weighted by molar-refractivity contribution is 5.91. The molecule has 0 saturated carbocycles. The predicted molar refractivity (Wildman–Crippen MR) is 172 cm³/mol. The third kappa shape index (κ3) is 9.58. The number of rotatable bonds is 16. The number of Topliss-reactive ketones (excluding diaryl/α,β-unsaturated/α-hetero) is 1. The number of carbonyl (C=O) groups excluding carboxylic acids is 1. The van der Waals surface area contributed by atoms with E-state index in [-0.39, 0.29) is 24.8 Å². The first kappa shape index (κ1) is 34.0. The number of ketones is 1. The van der Waals surface area contributed by atoms with Crippen LogP contribution in [0.15, 0.2) is 60.9 Å². The Kier molecular flexibility index (Phi) is 11.5. The largest absolute Gasteiger partial charge is 0.411 e. The summed E-state index contributed by atoms with van der Waals surface area (Å²) >= 11 is 0. The number of alkyl halides is 3. The molecular formula is C34H41F3N7O3+.